The van der Waals surface area contributed by atoms with Crippen molar-refractivity contribution in [3.8, 4) is 0 Å². The molecule has 82 valence electrons. The summed E-state index contributed by atoms with van der Waals surface area (Å²) in [7, 11) is 0. The predicted octanol–water partition coefficient (Wildman–Crippen LogP) is 4.33. The number of hydrogen-bond acceptors (Lipinski definition) is 1. The Balaban J connectivity index is 2.02. The summed E-state index contributed by atoms with van der Waals surface area (Å²) in [6, 6.07) is 8.55. The molecular weight excluding hydrogens is 206 g/mol. The fourth-order valence-electron chi connectivity index (χ4n) is 2.36. The number of benzene rings is 1. The van der Waals surface area contributed by atoms with E-state index in [0.29, 0.717) is 11.5 Å². The molecule has 1 atom stereocenters. The maximum absolute atomic E-state index is 6.11. The zero-order chi connectivity index (χ0) is 10.9. The molecule has 0 saturated heterocycles. The number of rotatable bonds is 2. The van der Waals surface area contributed by atoms with Crippen LogP contribution in [0.1, 0.15) is 33.1 Å². The summed E-state index contributed by atoms with van der Waals surface area (Å²) in [4.78, 5) is 0. The van der Waals surface area contributed by atoms with E-state index in [2.05, 4.69) is 19.2 Å². The quantitative estimate of drug-likeness (QED) is 0.787. The van der Waals surface area contributed by atoms with Crippen LogP contribution in [-0.4, -0.2) is 6.04 Å². The highest BCUT2D eigenvalue weighted by Crippen LogP contribution is 2.38. The van der Waals surface area contributed by atoms with Crippen LogP contribution >= 0.6 is 11.6 Å². The molecule has 0 aliphatic heterocycles. The predicted molar refractivity (Wildman–Crippen MR) is 66.5 cm³/mol. The van der Waals surface area contributed by atoms with E-state index < -0.39 is 0 Å². The van der Waals surface area contributed by atoms with Gasteiger partial charge in [-0.15, -0.1) is 0 Å². The lowest BCUT2D eigenvalue weighted by Crippen LogP contribution is -2.17. The fraction of sp³-hybridized carbons (Fsp3) is 0.538. The van der Waals surface area contributed by atoms with Gasteiger partial charge in [0.05, 0.1) is 10.7 Å². The summed E-state index contributed by atoms with van der Waals surface area (Å²) in [5.74, 6) is 0. The Morgan fingerprint density at radius 1 is 1.33 bits per heavy atom. The molecule has 1 aromatic rings. The Kier molecular flexibility index (Phi) is 2.92. The third-order valence-corrected chi connectivity index (χ3v) is 3.53. The van der Waals surface area contributed by atoms with Crippen LogP contribution in [0.4, 0.5) is 5.69 Å². The standard InChI is InChI=1S/C13H18ClN/c1-13(2)8-7-10(9-13)15-12-6-4-3-5-11(12)14/h3-6,10,15H,7-9H2,1-2H3. The van der Waals surface area contributed by atoms with E-state index in [-0.39, 0.29) is 0 Å². The van der Waals surface area contributed by atoms with Crippen molar-refractivity contribution < 1.29 is 0 Å². The fourth-order valence-corrected chi connectivity index (χ4v) is 2.55. The molecule has 1 saturated carbocycles. The van der Waals surface area contributed by atoms with Crippen molar-refractivity contribution in [3.63, 3.8) is 0 Å². The first-order chi connectivity index (χ1) is 7.07. The maximum Gasteiger partial charge on any atom is 0.0637 e. The highest BCUT2D eigenvalue weighted by molar-refractivity contribution is 6.33. The SMILES string of the molecule is CC1(C)CCC(Nc2ccccc2Cl)C1. The van der Waals surface area contributed by atoms with Crippen LogP contribution in [-0.2, 0) is 0 Å². The largest absolute Gasteiger partial charge is 0.381 e. The van der Waals surface area contributed by atoms with Gasteiger partial charge in [0.25, 0.3) is 0 Å². The van der Waals surface area contributed by atoms with E-state index in [9.17, 15) is 0 Å². The molecule has 1 fully saturated rings. The van der Waals surface area contributed by atoms with Crippen LogP contribution in [0.2, 0.25) is 5.02 Å². The molecule has 0 spiro atoms. The summed E-state index contributed by atoms with van der Waals surface area (Å²) in [6.45, 7) is 4.67. The van der Waals surface area contributed by atoms with Gasteiger partial charge >= 0.3 is 0 Å². The summed E-state index contributed by atoms with van der Waals surface area (Å²) in [6.07, 6.45) is 3.78. The third kappa shape index (κ3) is 2.66. The minimum atomic E-state index is 0.485. The molecule has 1 aliphatic carbocycles. The minimum Gasteiger partial charge on any atom is -0.381 e. The maximum atomic E-state index is 6.11. The van der Waals surface area contributed by atoms with E-state index in [1.807, 2.05) is 24.3 Å². The average molecular weight is 224 g/mol. The van der Waals surface area contributed by atoms with Crippen molar-refractivity contribution in [2.75, 3.05) is 5.32 Å². The van der Waals surface area contributed by atoms with Crippen LogP contribution in [0.5, 0.6) is 0 Å². The van der Waals surface area contributed by atoms with Crippen molar-refractivity contribution in [1.29, 1.82) is 0 Å². The Bertz CT molecular complexity index is 346. The second kappa shape index (κ2) is 4.05. The van der Waals surface area contributed by atoms with Gasteiger partial charge in [0.2, 0.25) is 0 Å². The molecule has 0 heterocycles. The van der Waals surface area contributed by atoms with Crippen molar-refractivity contribution in [2.24, 2.45) is 5.41 Å². The average Bonchev–Trinajstić information content (AvgIpc) is 2.50. The Morgan fingerprint density at radius 3 is 2.67 bits per heavy atom. The van der Waals surface area contributed by atoms with Crippen LogP contribution in [0, 0.1) is 5.41 Å². The van der Waals surface area contributed by atoms with Gasteiger partial charge in [-0.05, 0) is 36.8 Å². The van der Waals surface area contributed by atoms with Crippen LogP contribution in [0.25, 0.3) is 0 Å². The van der Waals surface area contributed by atoms with Gasteiger partial charge in [-0.2, -0.15) is 0 Å². The van der Waals surface area contributed by atoms with Gasteiger partial charge in [-0.1, -0.05) is 37.6 Å². The smallest absolute Gasteiger partial charge is 0.0637 e. The molecule has 0 aromatic heterocycles. The van der Waals surface area contributed by atoms with Gasteiger partial charge < -0.3 is 5.32 Å². The van der Waals surface area contributed by atoms with Crippen molar-refractivity contribution in [3.05, 3.63) is 29.3 Å². The zero-order valence-corrected chi connectivity index (χ0v) is 10.1. The number of nitrogens with one attached hydrogen (secondary N) is 1. The molecule has 15 heavy (non-hydrogen) atoms. The van der Waals surface area contributed by atoms with Gasteiger partial charge in [0.1, 0.15) is 0 Å². The molecule has 1 aliphatic rings. The summed E-state index contributed by atoms with van der Waals surface area (Å²) < 4.78 is 0. The Labute approximate surface area is 96.8 Å². The summed E-state index contributed by atoms with van der Waals surface area (Å²) >= 11 is 6.11. The Morgan fingerprint density at radius 2 is 2.07 bits per heavy atom. The molecule has 0 bridgehead atoms. The first-order valence-electron chi connectivity index (χ1n) is 5.58. The number of hydrogen-bond donors (Lipinski definition) is 1. The zero-order valence-electron chi connectivity index (χ0n) is 9.39. The number of para-hydroxylation sites is 1. The van der Waals surface area contributed by atoms with Gasteiger partial charge in [-0.3, -0.25) is 0 Å². The Hall–Kier alpha value is -0.690. The molecule has 0 amide bonds. The van der Waals surface area contributed by atoms with E-state index in [1.54, 1.807) is 0 Å². The minimum absolute atomic E-state index is 0.485. The van der Waals surface area contributed by atoms with E-state index in [4.69, 9.17) is 11.6 Å². The second-order valence-electron chi connectivity index (χ2n) is 5.23. The molecule has 1 N–H and O–H groups in total. The van der Waals surface area contributed by atoms with Gasteiger partial charge in [-0.25, -0.2) is 0 Å². The first kappa shape index (κ1) is 10.8. The molecule has 1 aromatic carbocycles. The van der Waals surface area contributed by atoms with E-state index >= 15 is 0 Å². The first-order valence-corrected chi connectivity index (χ1v) is 5.96. The van der Waals surface area contributed by atoms with Crippen molar-refractivity contribution in [2.45, 2.75) is 39.2 Å². The highest BCUT2D eigenvalue weighted by atomic mass is 35.5. The molecule has 0 radical (unpaired) electrons. The molecule has 1 nitrogen and oxygen atoms in total. The van der Waals surface area contributed by atoms with Crippen molar-refractivity contribution >= 4 is 17.3 Å². The molecule has 1 unspecified atom stereocenters. The third-order valence-electron chi connectivity index (χ3n) is 3.20. The lowest BCUT2D eigenvalue weighted by molar-refractivity contribution is 0.378. The number of anilines is 1. The van der Waals surface area contributed by atoms with Crippen molar-refractivity contribution in [1.82, 2.24) is 0 Å². The van der Waals surface area contributed by atoms with Gasteiger partial charge in [0.15, 0.2) is 0 Å². The molecule has 2 heteroatoms. The number of halogens is 1. The van der Waals surface area contributed by atoms with E-state index in [0.717, 1.165) is 10.7 Å². The topological polar surface area (TPSA) is 12.0 Å². The normalized spacial score (nSPS) is 24.1. The second-order valence-corrected chi connectivity index (χ2v) is 5.64. The summed E-state index contributed by atoms with van der Waals surface area (Å²) in [5.41, 5.74) is 1.56. The molecular formula is C13H18ClN. The highest BCUT2D eigenvalue weighted by Gasteiger charge is 2.30. The van der Waals surface area contributed by atoms with Crippen LogP contribution < -0.4 is 5.32 Å². The van der Waals surface area contributed by atoms with E-state index in [1.165, 1.54) is 19.3 Å². The van der Waals surface area contributed by atoms with Gasteiger partial charge in [0, 0.05) is 6.04 Å². The summed E-state index contributed by atoms with van der Waals surface area (Å²) in [5, 5.41) is 4.35. The monoisotopic (exact) mass is 223 g/mol. The lowest BCUT2D eigenvalue weighted by atomic mass is 9.92. The lowest BCUT2D eigenvalue weighted by Gasteiger charge is -2.19. The van der Waals surface area contributed by atoms with Crippen LogP contribution in [0.15, 0.2) is 24.3 Å². The van der Waals surface area contributed by atoms with Crippen LogP contribution in [0.3, 0.4) is 0 Å². The molecule has 2 rings (SSSR count).